The highest BCUT2D eigenvalue weighted by Gasteiger charge is 2.14. The SMILES string of the molecule is CCCc1n[nH]c(=S)n1C(CC)COC. The fraction of sp³-hybridized carbons (Fsp3) is 0.800. The number of rotatable bonds is 6. The Morgan fingerprint density at radius 2 is 2.27 bits per heavy atom. The quantitative estimate of drug-likeness (QED) is 0.762. The van der Waals surface area contributed by atoms with E-state index in [4.69, 9.17) is 17.0 Å². The Morgan fingerprint density at radius 3 is 2.80 bits per heavy atom. The van der Waals surface area contributed by atoms with Gasteiger partial charge in [0.05, 0.1) is 12.6 Å². The van der Waals surface area contributed by atoms with Crippen molar-refractivity contribution >= 4 is 12.2 Å². The maximum absolute atomic E-state index is 5.23. The zero-order valence-electron chi connectivity index (χ0n) is 9.62. The maximum Gasteiger partial charge on any atom is 0.195 e. The third kappa shape index (κ3) is 2.89. The van der Waals surface area contributed by atoms with Crippen molar-refractivity contribution in [1.82, 2.24) is 14.8 Å². The summed E-state index contributed by atoms with van der Waals surface area (Å²) in [7, 11) is 1.71. The lowest BCUT2D eigenvalue weighted by Gasteiger charge is -2.17. The summed E-state index contributed by atoms with van der Waals surface area (Å²) in [5.41, 5.74) is 0. The minimum absolute atomic E-state index is 0.294. The summed E-state index contributed by atoms with van der Waals surface area (Å²) < 4.78 is 7.98. The molecule has 0 amide bonds. The molecule has 0 aromatic carbocycles. The van der Waals surface area contributed by atoms with Crippen molar-refractivity contribution in [2.24, 2.45) is 0 Å². The summed E-state index contributed by atoms with van der Waals surface area (Å²) in [6, 6.07) is 0.294. The highest BCUT2D eigenvalue weighted by atomic mass is 32.1. The average Bonchev–Trinajstić information content (AvgIpc) is 2.58. The van der Waals surface area contributed by atoms with Crippen molar-refractivity contribution < 1.29 is 4.74 Å². The molecule has 0 saturated heterocycles. The number of aromatic amines is 1. The van der Waals surface area contributed by atoms with Gasteiger partial charge in [0.2, 0.25) is 0 Å². The van der Waals surface area contributed by atoms with Crippen LogP contribution in [0, 0.1) is 4.77 Å². The van der Waals surface area contributed by atoms with Crippen molar-refractivity contribution in [3.63, 3.8) is 0 Å². The molecule has 1 rings (SSSR count). The van der Waals surface area contributed by atoms with Crippen LogP contribution in [-0.2, 0) is 11.2 Å². The van der Waals surface area contributed by atoms with Crippen LogP contribution in [0.2, 0.25) is 0 Å². The van der Waals surface area contributed by atoms with E-state index in [1.54, 1.807) is 7.11 Å². The van der Waals surface area contributed by atoms with Gasteiger partial charge in [-0.1, -0.05) is 13.8 Å². The first-order chi connectivity index (χ1) is 7.24. The Kier molecular flexibility index (Phi) is 4.98. The second kappa shape index (κ2) is 6.02. The molecule has 15 heavy (non-hydrogen) atoms. The Hall–Kier alpha value is -0.680. The van der Waals surface area contributed by atoms with Crippen molar-refractivity contribution in [2.75, 3.05) is 13.7 Å². The smallest absolute Gasteiger partial charge is 0.195 e. The first-order valence-corrected chi connectivity index (χ1v) is 5.80. The van der Waals surface area contributed by atoms with Crippen LogP contribution in [-0.4, -0.2) is 28.5 Å². The summed E-state index contributed by atoms with van der Waals surface area (Å²) in [5.74, 6) is 1.03. The third-order valence-electron chi connectivity index (χ3n) is 2.45. The normalized spacial score (nSPS) is 13.0. The monoisotopic (exact) mass is 229 g/mol. The molecule has 0 aliphatic rings. The van der Waals surface area contributed by atoms with E-state index in [0.29, 0.717) is 17.4 Å². The van der Waals surface area contributed by atoms with Gasteiger partial charge in [0.15, 0.2) is 4.77 Å². The molecule has 1 unspecified atom stereocenters. The van der Waals surface area contributed by atoms with E-state index >= 15 is 0 Å². The van der Waals surface area contributed by atoms with Crippen LogP contribution in [0.4, 0.5) is 0 Å². The van der Waals surface area contributed by atoms with E-state index < -0.39 is 0 Å². The number of aromatic nitrogens is 3. The number of methoxy groups -OCH3 is 1. The summed E-state index contributed by atoms with van der Waals surface area (Å²) in [6.07, 6.45) is 3.02. The number of nitrogens with one attached hydrogen (secondary N) is 1. The second-order valence-electron chi connectivity index (χ2n) is 3.58. The molecule has 0 bridgehead atoms. The standard InChI is InChI=1S/C10H19N3OS/c1-4-6-9-11-12-10(15)13(9)8(5-2)7-14-3/h8H,4-7H2,1-3H3,(H,12,15). The molecular formula is C10H19N3OS. The fourth-order valence-electron chi connectivity index (χ4n) is 1.68. The van der Waals surface area contributed by atoms with Crippen LogP contribution < -0.4 is 0 Å². The van der Waals surface area contributed by atoms with Gasteiger partial charge in [-0.05, 0) is 25.1 Å². The van der Waals surface area contributed by atoms with Crippen LogP contribution in [0.5, 0.6) is 0 Å². The van der Waals surface area contributed by atoms with Gasteiger partial charge in [-0.15, -0.1) is 0 Å². The van der Waals surface area contributed by atoms with Crippen molar-refractivity contribution in [3.05, 3.63) is 10.6 Å². The first-order valence-electron chi connectivity index (χ1n) is 5.39. The summed E-state index contributed by atoms with van der Waals surface area (Å²) in [4.78, 5) is 0. The van der Waals surface area contributed by atoms with Gasteiger partial charge in [-0.25, -0.2) is 0 Å². The van der Waals surface area contributed by atoms with Gasteiger partial charge in [0.25, 0.3) is 0 Å². The fourth-order valence-corrected chi connectivity index (χ4v) is 1.98. The topological polar surface area (TPSA) is 42.8 Å². The highest BCUT2D eigenvalue weighted by Crippen LogP contribution is 2.15. The van der Waals surface area contributed by atoms with E-state index in [9.17, 15) is 0 Å². The molecule has 0 aliphatic carbocycles. The molecule has 4 nitrogen and oxygen atoms in total. The second-order valence-corrected chi connectivity index (χ2v) is 3.97. The summed E-state index contributed by atoms with van der Waals surface area (Å²) >= 11 is 5.23. The van der Waals surface area contributed by atoms with Gasteiger partial charge in [-0.3, -0.25) is 9.67 Å². The molecule has 0 fully saturated rings. The highest BCUT2D eigenvalue weighted by molar-refractivity contribution is 7.71. The lowest BCUT2D eigenvalue weighted by molar-refractivity contribution is 0.151. The Labute approximate surface area is 95.7 Å². The van der Waals surface area contributed by atoms with E-state index in [1.165, 1.54) is 0 Å². The molecule has 0 radical (unpaired) electrons. The predicted octanol–water partition coefficient (Wildman–Crippen LogP) is 2.49. The van der Waals surface area contributed by atoms with E-state index in [2.05, 4.69) is 28.6 Å². The van der Waals surface area contributed by atoms with Crippen molar-refractivity contribution in [3.8, 4) is 0 Å². The molecule has 86 valence electrons. The van der Waals surface area contributed by atoms with E-state index in [-0.39, 0.29) is 0 Å². The lowest BCUT2D eigenvalue weighted by atomic mass is 10.2. The van der Waals surface area contributed by atoms with Crippen LogP contribution in [0.3, 0.4) is 0 Å². The van der Waals surface area contributed by atoms with E-state index in [0.717, 1.165) is 25.1 Å². The molecule has 5 heteroatoms. The molecule has 0 aliphatic heterocycles. The molecule has 1 aromatic rings. The third-order valence-corrected chi connectivity index (χ3v) is 2.73. The lowest BCUT2D eigenvalue weighted by Crippen LogP contribution is -2.16. The first kappa shape index (κ1) is 12.4. The van der Waals surface area contributed by atoms with Crippen LogP contribution >= 0.6 is 12.2 Å². The number of aryl methyl sites for hydroxylation is 1. The van der Waals surface area contributed by atoms with Crippen LogP contribution in [0.1, 0.15) is 38.6 Å². The van der Waals surface area contributed by atoms with Gasteiger partial charge in [0.1, 0.15) is 5.82 Å². The Bertz CT molecular complexity index is 345. The van der Waals surface area contributed by atoms with Gasteiger partial charge < -0.3 is 4.74 Å². The molecule has 1 atom stereocenters. The van der Waals surface area contributed by atoms with Gasteiger partial charge >= 0.3 is 0 Å². The summed E-state index contributed by atoms with van der Waals surface area (Å²) in [5, 5.41) is 7.10. The number of H-pyrrole nitrogens is 1. The molecule has 1 heterocycles. The minimum Gasteiger partial charge on any atom is -0.383 e. The number of nitrogens with zero attached hydrogens (tertiary/aromatic N) is 2. The zero-order chi connectivity index (χ0) is 11.3. The predicted molar refractivity (Wildman–Crippen MR) is 62.6 cm³/mol. The van der Waals surface area contributed by atoms with Crippen molar-refractivity contribution in [2.45, 2.75) is 39.2 Å². The van der Waals surface area contributed by atoms with Gasteiger partial charge in [-0.2, -0.15) is 5.10 Å². The molecule has 1 N–H and O–H groups in total. The zero-order valence-corrected chi connectivity index (χ0v) is 10.4. The largest absolute Gasteiger partial charge is 0.383 e. The molecule has 0 saturated carbocycles. The van der Waals surface area contributed by atoms with Crippen molar-refractivity contribution in [1.29, 1.82) is 0 Å². The summed E-state index contributed by atoms with van der Waals surface area (Å²) in [6.45, 7) is 4.95. The van der Waals surface area contributed by atoms with Crippen LogP contribution in [0.25, 0.3) is 0 Å². The average molecular weight is 229 g/mol. The maximum atomic E-state index is 5.23. The Morgan fingerprint density at radius 1 is 1.53 bits per heavy atom. The minimum atomic E-state index is 0.294. The molecular weight excluding hydrogens is 210 g/mol. The van der Waals surface area contributed by atoms with Crippen LogP contribution in [0.15, 0.2) is 0 Å². The molecule has 1 aromatic heterocycles. The van der Waals surface area contributed by atoms with E-state index in [1.807, 2.05) is 0 Å². The molecule has 0 spiro atoms. The Balaban J connectivity index is 2.97. The number of hydrogen-bond donors (Lipinski definition) is 1. The number of ether oxygens (including phenoxy) is 1. The van der Waals surface area contributed by atoms with Gasteiger partial charge in [0, 0.05) is 13.5 Å². The number of hydrogen-bond acceptors (Lipinski definition) is 3.